The minimum atomic E-state index is -0.492. The molecule has 2 bridgehead atoms. The highest BCUT2D eigenvalue weighted by atomic mass is 14.7. The zero-order valence-corrected chi connectivity index (χ0v) is 10.6. The van der Waals surface area contributed by atoms with Crippen LogP contribution in [0.25, 0.3) is 0 Å². The van der Waals surface area contributed by atoms with E-state index in [0.717, 1.165) is 18.3 Å². The molecule has 0 aromatic carbocycles. The molecule has 3 atom stereocenters. The summed E-state index contributed by atoms with van der Waals surface area (Å²) in [6.07, 6.45) is 5.09. The van der Waals surface area contributed by atoms with Crippen LogP contribution in [-0.2, 0) is 0 Å². The maximum absolute atomic E-state index is 5.97. The molecule has 0 aliphatic heterocycles. The van der Waals surface area contributed by atoms with Crippen molar-refractivity contribution >= 4 is 15.7 Å². The Balaban J connectivity index is 2.19. The van der Waals surface area contributed by atoms with Crippen LogP contribution in [0.15, 0.2) is 0 Å². The van der Waals surface area contributed by atoms with E-state index < -0.39 is 5.21 Å². The highest BCUT2D eigenvalue weighted by Gasteiger charge is 2.60. The zero-order chi connectivity index (χ0) is 11.5. The Hall–Kier alpha value is 0.130. The molecule has 2 aliphatic carbocycles. The maximum Gasteiger partial charge on any atom is 0.0617 e. The molecule has 3 unspecified atom stereocenters. The van der Waals surface area contributed by atoms with Crippen molar-refractivity contribution < 1.29 is 0 Å². The molecule has 2 aliphatic rings. The largest absolute Gasteiger partial charge is 0.101 e. The van der Waals surface area contributed by atoms with Crippen LogP contribution >= 0.6 is 0 Å². The van der Waals surface area contributed by atoms with E-state index in [0.29, 0.717) is 10.8 Å². The van der Waals surface area contributed by atoms with Gasteiger partial charge in [0.1, 0.15) is 0 Å². The van der Waals surface area contributed by atoms with Crippen LogP contribution in [0.1, 0.15) is 53.4 Å². The van der Waals surface area contributed by atoms with Crippen LogP contribution in [0.5, 0.6) is 0 Å². The van der Waals surface area contributed by atoms with E-state index in [-0.39, 0.29) is 0 Å². The van der Waals surface area contributed by atoms with Crippen LogP contribution < -0.4 is 0 Å². The van der Waals surface area contributed by atoms with Crippen LogP contribution in [-0.4, -0.2) is 15.7 Å². The van der Waals surface area contributed by atoms with Gasteiger partial charge in [-0.25, -0.2) is 0 Å². The third-order valence-electron chi connectivity index (χ3n) is 5.66. The average molecular weight is 200 g/mol. The van der Waals surface area contributed by atoms with Gasteiger partial charge in [-0.1, -0.05) is 34.1 Å². The maximum atomic E-state index is 5.97. The smallest absolute Gasteiger partial charge is 0.0617 e. The van der Waals surface area contributed by atoms with E-state index in [1.807, 2.05) is 6.92 Å². The first kappa shape index (κ1) is 11.6. The predicted molar refractivity (Wildman–Crippen MR) is 67.2 cm³/mol. The molecule has 2 rings (SSSR count). The van der Waals surface area contributed by atoms with Gasteiger partial charge in [-0.15, -0.1) is 5.21 Å². The highest BCUT2D eigenvalue weighted by Crippen LogP contribution is 2.69. The first-order valence-electron chi connectivity index (χ1n) is 6.24. The summed E-state index contributed by atoms with van der Waals surface area (Å²) < 4.78 is 0. The van der Waals surface area contributed by atoms with Crippen molar-refractivity contribution in [3.63, 3.8) is 0 Å². The van der Waals surface area contributed by atoms with E-state index in [1.54, 1.807) is 0 Å². The monoisotopic (exact) mass is 200 g/mol. The molecule has 2 saturated carbocycles. The predicted octanol–water partition coefficient (Wildman–Crippen LogP) is 3.31. The Morgan fingerprint density at radius 1 is 1.27 bits per heavy atom. The van der Waals surface area contributed by atoms with Gasteiger partial charge in [0.2, 0.25) is 0 Å². The molecule has 80 valence electrons. The summed E-state index contributed by atoms with van der Waals surface area (Å²) in [5, 5.41) is -0.492. The molecular weight excluding hydrogens is 178 g/mol. The normalized spacial score (nSPS) is 43.5. The lowest BCUT2D eigenvalue weighted by atomic mass is 9.50. The van der Waals surface area contributed by atoms with Gasteiger partial charge < -0.3 is 0 Å². The minimum Gasteiger partial charge on any atom is -0.101 e. The molecular formula is C13H22B2. The second-order valence-electron chi connectivity index (χ2n) is 7.02. The summed E-state index contributed by atoms with van der Waals surface area (Å²) in [6.45, 7) is 9.29. The van der Waals surface area contributed by atoms with Crippen LogP contribution in [0.2, 0.25) is 5.21 Å². The van der Waals surface area contributed by atoms with Crippen LogP contribution in [0, 0.1) is 22.7 Å². The van der Waals surface area contributed by atoms with Gasteiger partial charge in [0.15, 0.2) is 0 Å². The molecule has 2 fully saturated rings. The SMILES string of the molecule is [B]C([B])(C)CC1CC2CCC1(C)C2(C)C. The third kappa shape index (κ3) is 1.59. The molecule has 0 aromatic heterocycles. The first-order chi connectivity index (χ1) is 6.67. The third-order valence-corrected chi connectivity index (χ3v) is 5.66. The lowest BCUT2D eigenvalue weighted by molar-refractivity contribution is 0.0956. The fourth-order valence-electron chi connectivity index (χ4n) is 4.21. The summed E-state index contributed by atoms with van der Waals surface area (Å²) in [4.78, 5) is 0. The molecule has 0 aromatic rings. The zero-order valence-electron chi connectivity index (χ0n) is 10.6. The van der Waals surface area contributed by atoms with Crippen LogP contribution in [0.3, 0.4) is 0 Å². The van der Waals surface area contributed by atoms with E-state index in [2.05, 4.69) is 20.8 Å². The Bertz CT molecular complexity index is 264. The van der Waals surface area contributed by atoms with Gasteiger partial charge in [-0.2, -0.15) is 0 Å². The molecule has 0 heterocycles. The molecule has 15 heavy (non-hydrogen) atoms. The molecule has 0 amide bonds. The minimum absolute atomic E-state index is 0.470. The summed E-state index contributed by atoms with van der Waals surface area (Å²) in [6, 6.07) is 0. The fraction of sp³-hybridized carbons (Fsp3) is 1.00. The van der Waals surface area contributed by atoms with Crippen molar-refractivity contribution in [3.05, 3.63) is 0 Å². The number of hydrogen-bond acceptors (Lipinski definition) is 0. The summed E-state index contributed by atoms with van der Waals surface area (Å²) in [7, 11) is 11.9. The Kier molecular flexibility index (Phi) is 2.38. The van der Waals surface area contributed by atoms with Gasteiger partial charge in [-0.3, -0.25) is 0 Å². The average Bonchev–Trinajstić information content (AvgIpc) is 2.34. The van der Waals surface area contributed by atoms with Crippen molar-refractivity contribution in [2.24, 2.45) is 22.7 Å². The van der Waals surface area contributed by atoms with E-state index in [9.17, 15) is 0 Å². The van der Waals surface area contributed by atoms with Crippen molar-refractivity contribution in [2.45, 2.75) is 58.6 Å². The Labute approximate surface area is 97.4 Å². The van der Waals surface area contributed by atoms with Crippen molar-refractivity contribution in [3.8, 4) is 0 Å². The van der Waals surface area contributed by atoms with Crippen LogP contribution in [0.4, 0.5) is 0 Å². The summed E-state index contributed by atoms with van der Waals surface area (Å²) in [5.74, 6) is 1.63. The number of hydrogen-bond donors (Lipinski definition) is 0. The first-order valence-corrected chi connectivity index (χ1v) is 6.24. The van der Waals surface area contributed by atoms with Gasteiger partial charge in [0.25, 0.3) is 0 Å². The standard InChI is InChI=1S/C13H22B2/c1-11(2)9-5-6-12(11,3)10(7-9)8-13(4,14)15/h9-10H,5-8H2,1-4H3. The quantitative estimate of drug-likeness (QED) is 0.599. The second-order valence-corrected chi connectivity index (χ2v) is 7.02. The summed E-state index contributed by atoms with van der Waals surface area (Å²) in [5.41, 5.74) is 0.959. The fourth-order valence-corrected chi connectivity index (χ4v) is 4.21. The lowest BCUT2D eigenvalue weighted by Crippen LogP contribution is -2.34. The Morgan fingerprint density at radius 3 is 2.20 bits per heavy atom. The van der Waals surface area contributed by atoms with E-state index in [1.165, 1.54) is 19.3 Å². The molecule has 0 N–H and O–H groups in total. The number of rotatable bonds is 2. The van der Waals surface area contributed by atoms with Gasteiger partial charge in [0.05, 0.1) is 15.7 Å². The molecule has 0 spiro atoms. The van der Waals surface area contributed by atoms with Gasteiger partial charge in [-0.05, 0) is 41.9 Å². The lowest BCUT2D eigenvalue weighted by Gasteiger charge is -2.42. The molecule has 0 nitrogen and oxygen atoms in total. The Morgan fingerprint density at radius 2 is 1.87 bits per heavy atom. The van der Waals surface area contributed by atoms with E-state index in [4.69, 9.17) is 15.7 Å². The molecule has 4 radical (unpaired) electrons. The molecule has 0 saturated heterocycles. The van der Waals surface area contributed by atoms with E-state index >= 15 is 0 Å². The van der Waals surface area contributed by atoms with Gasteiger partial charge in [0, 0.05) is 0 Å². The molecule has 2 heteroatoms. The topological polar surface area (TPSA) is 0 Å². The van der Waals surface area contributed by atoms with Crippen molar-refractivity contribution in [1.29, 1.82) is 0 Å². The summed E-state index contributed by atoms with van der Waals surface area (Å²) >= 11 is 0. The highest BCUT2D eigenvalue weighted by molar-refractivity contribution is 6.39. The van der Waals surface area contributed by atoms with Gasteiger partial charge >= 0.3 is 0 Å². The van der Waals surface area contributed by atoms with Crippen molar-refractivity contribution in [2.75, 3.05) is 0 Å². The van der Waals surface area contributed by atoms with Crippen molar-refractivity contribution in [1.82, 2.24) is 0 Å². The number of fused-ring (bicyclic) bond motifs is 2. The second kappa shape index (κ2) is 3.08.